The van der Waals surface area contributed by atoms with E-state index in [9.17, 15) is 29.1 Å². The number of carboxylic acid groups (broad SMARTS) is 2. The maximum absolute atomic E-state index is 12.7. The zero-order valence-electron chi connectivity index (χ0n) is 19.7. The number of hydrogen-bond donors (Lipinski definition) is 8. The molecule has 0 bridgehead atoms. The van der Waals surface area contributed by atoms with Crippen LogP contribution in [0.3, 0.4) is 0 Å². The fourth-order valence-corrected chi connectivity index (χ4v) is 2.81. The Balaban J connectivity index is 5.12. The molecule has 0 aliphatic carbocycles. The van der Waals surface area contributed by atoms with E-state index in [1.54, 1.807) is 13.8 Å². The average Bonchev–Trinajstić information content (AvgIpc) is 2.75. The normalized spacial score (nSPS) is 15.1. The topological polar surface area (TPSA) is 252 Å². The Hall–Kier alpha value is -3.42. The van der Waals surface area contributed by atoms with Crippen molar-refractivity contribution in [3.05, 3.63) is 0 Å². The predicted molar refractivity (Wildman–Crippen MR) is 123 cm³/mol. The first-order valence-electron chi connectivity index (χ1n) is 11.0. The Bertz CT molecular complexity index is 756. The van der Waals surface area contributed by atoms with Gasteiger partial charge in [-0.05, 0) is 32.1 Å². The van der Waals surface area contributed by atoms with Crippen LogP contribution in [0.1, 0.15) is 52.9 Å². The molecule has 0 rings (SSSR count). The van der Waals surface area contributed by atoms with Gasteiger partial charge in [-0.2, -0.15) is 0 Å². The SMILES string of the molecule is CCC(C)C(NC(=O)C(C)NC(=O)C(CCC(=O)O)NC(=O)C(N)CCCN=C(N)N)C(=O)O. The average molecular weight is 488 g/mol. The lowest BCUT2D eigenvalue weighted by Crippen LogP contribution is -2.57. The van der Waals surface area contributed by atoms with E-state index in [-0.39, 0.29) is 31.3 Å². The predicted octanol–water partition coefficient (Wildman–Crippen LogP) is -2.16. The molecule has 0 saturated heterocycles. The molecule has 14 heteroatoms. The molecule has 14 nitrogen and oxygen atoms in total. The molecule has 3 amide bonds. The van der Waals surface area contributed by atoms with Crippen LogP contribution in [0.2, 0.25) is 0 Å². The Kier molecular flexibility index (Phi) is 13.9. The summed E-state index contributed by atoms with van der Waals surface area (Å²) in [6.07, 6.45) is 0.450. The van der Waals surface area contributed by atoms with Crippen molar-refractivity contribution >= 4 is 35.6 Å². The van der Waals surface area contributed by atoms with E-state index in [0.717, 1.165) is 0 Å². The Morgan fingerprint density at radius 1 is 0.912 bits per heavy atom. The molecule has 0 radical (unpaired) electrons. The molecule has 0 heterocycles. The van der Waals surface area contributed by atoms with Crippen LogP contribution in [0.15, 0.2) is 4.99 Å². The molecular weight excluding hydrogens is 450 g/mol. The molecule has 11 N–H and O–H groups in total. The maximum Gasteiger partial charge on any atom is 0.326 e. The highest BCUT2D eigenvalue weighted by Gasteiger charge is 2.30. The second-order valence-corrected chi connectivity index (χ2v) is 7.99. The molecule has 0 aliphatic rings. The fourth-order valence-electron chi connectivity index (χ4n) is 2.81. The van der Waals surface area contributed by atoms with E-state index in [2.05, 4.69) is 20.9 Å². The molecule has 194 valence electrons. The van der Waals surface area contributed by atoms with Crippen molar-refractivity contribution in [2.75, 3.05) is 6.54 Å². The zero-order valence-corrected chi connectivity index (χ0v) is 19.7. The minimum atomic E-state index is -1.27. The number of rotatable bonds is 16. The van der Waals surface area contributed by atoms with Crippen LogP contribution in [0.25, 0.3) is 0 Å². The molecule has 0 spiro atoms. The largest absolute Gasteiger partial charge is 0.481 e. The first kappa shape index (κ1) is 30.6. The summed E-state index contributed by atoms with van der Waals surface area (Å²) in [6.45, 7) is 5.04. The smallest absolute Gasteiger partial charge is 0.326 e. The number of nitrogens with two attached hydrogens (primary N) is 3. The number of carboxylic acids is 2. The third-order valence-corrected chi connectivity index (χ3v) is 5.11. The lowest BCUT2D eigenvalue weighted by molar-refractivity contribution is -0.143. The summed E-state index contributed by atoms with van der Waals surface area (Å²) in [6, 6.07) is -4.55. The standard InChI is InChI=1S/C20H37N7O7/c1-4-10(2)15(19(33)34)27-16(30)11(3)25-18(32)13(7-8-14(28)29)26-17(31)12(21)6-5-9-24-20(22)23/h10-13,15H,4-9,21H2,1-3H3,(H,25,32)(H,26,31)(H,27,30)(H,28,29)(H,33,34)(H4,22,23,24). The molecule has 0 aromatic carbocycles. The Morgan fingerprint density at radius 2 is 1.53 bits per heavy atom. The Labute approximate surface area is 198 Å². The van der Waals surface area contributed by atoms with Crippen LogP contribution in [-0.4, -0.2) is 76.5 Å². The first-order chi connectivity index (χ1) is 15.8. The molecule has 0 aromatic heterocycles. The van der Waals surface area contributed by atoms with Gasteiger partial charge in [0.1, 0.15) is 18.1 Å². The van der Waals surface area contributed by atoms with Gasteiger partial charge in [0.05, 0.1) is 6.04 Å². The summed E-state index contributed by atoms with van der Waals surface area (Å²) >= 11 is 0. The van der Waals surface area contributed by atoms with Crippen molar-refractivity contribution in [2.24, 2.45) is 28.1 Å². The van der Waals surface area contributed by atoms with E-state index in [0.29, 0.717) is 12.8 Å². The minimum Gasteiger partial charge on any atom is -0.481 e. The van der Waals surface area contributed by atoms with Gasteiger partial charge in [0, 0.05) is 13.0 Å². The fraction of sp³-hybridized carbons (Fsp3) is 0.700. The van der Waals surface area contributed by atoms with Crippen molar-refractivity contribution in [3.63, 3.8) is 0 Å². The lowest BCUT2D eigenvalue weighted by Gasteiger charge is -2.24. The van der Waals surface area contributed by atoms with Gasteiger partial charge < -0.3 is 43.4 Å². The molecule has 34 heavy (non-hydrogen) atoms. The van der Waals surface area contributed by atoms with Gasteiger partial charge in [0.25, 0.3) is 0 Å². The molecular formula is C20H37N7O7. The number of nitrogens with one attached hydrogen (secondary N) is 3. The number of nitrogens with zero attached hydrogens (tertiary/aromatic N) is 1. The van der Waals surface area contributed by atoms with Crippen LogP contribution in [0, 0.1) is 5.92 Å². The summed E-state index contributed by atoms with van der Waals surface area (Å²) in [5.41, 5.74) is 16.3. The van der Waals surface area contributed by atoms with Gasteiger partial charge in [-0.1, -0.05) is 20.3 Å². The molecule has 5 atom stereocenters. The third kappa shape index (κ3) is 12.0. The summed E-state index contributed by atoms with van der Waals surface area (Å²) < 4.78 is 0. The van der Waals surface area contributed by atoms with Crippen molar-refractivity contribution < 1.29 is 34.2 Å². The quantitative estimate of drug-likeness (QED) is 0.0664. The van der Waals surface area contributed by atoms with Gasteiger partial charge in [-0.3, -0.25) is 24.2 Å². The van der Waals surface area contributed by atoms with Crippen molar-refractivity contribution in [2.45, 2.75) is 77.0 Å². The van der Waals surface area contributed by atoms with E-state index in [1.807, 2.05) is 0 Å². The van der Waals surface area contributed by atoms with Gasteiger partial charge in [-0.15, -0.1) is 0 Å². The molecule has 5 unspecified atom stereocenters. The monoisotopic (exact) mass is 487 g/mol. The van der Waals surface area contributed by atoms with Crippen LogP contribution >= 0.6 is 0 Å². The zero-order chi connectivity index (χ0) is 26.4. The van der Waals surface area contributed by atoms with Crippen LogP contribution < -0.4 is 33.2 Å². The number of carbonyl (C=O) groups is 5. The molecule has 0 saturated carbocycles. The van der Waals surface area contributed by atoms with Crippen LogP contribution in [0.5, 0.6) is 0 Å². The van der Waals surface area contributed by atoms with E-state index < -0.39 is 60.2 Å². The number of aliphatic carboxylic acids is 2. The molecule has 0 aliphatic heterocycles. The number of amides is 3. The van der Waals surface area contributed by atoms with Crippen LogP contribution in [-0.2, 0) is 24.0 Å². The first-order valence-corrected chi connectivity index (χ1v) is 11.0. The van der Waals surface area contributed by atoms with Crippen LogP contribution in [0.4, 0.5) is 0 Å². The minimum absolute atomic E-state index is 0.0968. The van der Waals surface area contributed by atoms with Gasteiger partial charge in [0.15, 0.2) is 5.96 Å². The van der Waals surface area contributed by atoms with E-state index in [4.69, 9.17) is 22.3 Å². The van der Waals surface area contributed by atoms with Crippen molar-refractivity contribution in [1.82, 2.24) is 16.0 Å². The van der Waals surface area contributed by atoms with Gasteiger partial charge in [0.2, 0.25) is 17.7 Å². The van der Waals surface area contributed by atoms with Crippen molar-refractivity contribution in [3.8, 4) is 0 Å². The number of aliphatic imine (C=N–C) groups is 1. The van der Waals surface area contributed by atoms with E-state index in [1.165, 1.54) is 6.92 Å². The second kappa shape index (κ2) is 15.4. The summed E-state index contributed by atoms with van der Waals surface area (Å²) in [5.74, 6) is -5.06. The summed E-state index contributed by atoms with van der Waals surface area (Å²) in [7, 11) is 0. The number of carbonyl (C=O) groups excluding carboxylic acids is 3. The highest BCUT2D eigenvalue weighted by molar-refractivity contribution is 5.94. The summed E-state index contributed by atoms with van der Waals surface area (Å²) in [4.78, 5) is 63.6. The maximum atomic E-state index is 12.7. The second-order valence-electron chi connectivity index (χ2n) is 7.99. The Morgan fingerprint density at radius 3 is 2.03 bits per heavy atom. The highest BCUT2D eigenvalue weighted by Crippen LogP contribution is 2.08. The summed E-state index contributed by atoms with van der Waals surface area (Å²) in [5, 5.41) is 25.4. The molecule has 0 fully saturated rings. The number of hydrogen-bond acceptors (Lipinski definition) is 7. The third-order valence-electron chi connectivity index (χ3n) is 5.11. The highest BCUT2D eigenvalue weighted by atomic mass is 16.4. The van der Waals surface area contributed by atoms with Crippen molar-refractivity contribution in [1.29, 1.82) is 0 Å². The lowest BCUT2D eigenvalue weighted by atomic mass is 9.99. The number of guanidine groups is 1. The molecule has 0 aromatic rings. The van der Waals surface area contributed by atoms with E-state index >= 15 is 0 Å². The van der Waals surface area contributed by atoms with Gasteiger partial charge in [-0.25, -0.2) is 4.79 Å². The van der Waals surface area contributed by atoms with Gasteiger partial charge >= 0.3 is 11.9 Å².